The van der Waals surface area contributed by atoms with E-state index in [1.165, 1.54) is 0 Å². The molecule has 52 valence electrons. The van der Waals surface area contributed by atoms with Gasteiger partial charge in [0.2, 0.25) is 0 Å². The second-order valence-electron chi connectivity index (χ2n) is 2.21. The highest BCUT2D eigenvalue weighted by molar-refractivity contribution is 5.80. The van der Waals surface area contributed by atoms with Gasteiger partial charge in [-0.2, -0.15) is 0 Å². The van der Waals surface area contributed by atoms with Gasteiger partial charge >= 0.3 is 5.97 Å². The van der Waals surface area contributed by atoms with Crippen LogP contribution in [0.25, 0.3) is 0 Å². The molecular weight excluding hydrogens is 120 g/mol. The molecule has 2 atom stereocenters. The fourth-order valence-electron chi connectivity index (χ4n) is 0.864. The van der Waals surface area contributed by atoms with E-state index in [0.717, 1.165) is 12.8 Å². The predicted octanol–water partition coefficient (Wildman–Crippen LogP) is 0.0728. The van der Waals surface area contributed by atoms with E-state index in [0.29, 0.717) is 0 Å². The van der Waals surface area contributed by atoms with Crippen LogP contribution in [0.5, 0.6) is 0 Å². The summed E-state index contributed by atoms with van der Waals surface area (Å²) in [5, 5.41) is 8.83. The lowest BCUT2D eigenvalue weighted by atomic mass is 10.0. The van der Waals surface area contributed by atoms with E-state index < -0.39 is 12.1 Å². The summed E-state index contributed by atoms with van der Waals surface area (Å²) in [4.78, 5) is 10.2. The van der Waals surface area contributed by atoms with Crippen LogP contribution in [0.1, 0.15) is 19.8 Å². The molecular formula is C6H10O3. The molecule has 1 rings (SSSR count). The van der Waals surface area contributed by atoms with E-state index in [4.69, 9.17) is 5.11 Å². The number of rotatable bonds is 2. The molecule has 0 aromatic carbocycles. The Labute approximate surface area is 53.6 Å². The fourth-order valence-corrected chi connectivity index (χ4v) is 0.864. The van der Waals surface area contributed by atoms with Crippen molar-refractivity contribution in [2.75, 3.05) is 0 Å². The molecule has 0 spiro atoms. The Morgan fingerprint density at radius 3 is 2.78 bits per heavy atom. The monoisotopic (exact) mass is 130 g/mol. The van der Waals surface area contributed by atoms with Crippen molar-refractivity contribution in [1.29, 1.82) is 0 Å². The molecule has 1 N–H and O–H groups in total. The van der Waals surface area contributed by atoms with Gasteiger partial charge in [0.05, 0.1) is 0 Å². The Kier molecular flexibility index (Phi) is 1.71. The van der Waals surface area contributed by atoms with Crippen molar-refractivity contribution in [1.82, 2.24) is 0 Å². The molecule has 9 heavy (non-hydrogen) atoms. The molecule has 0 aliphatic carbocycles. The summed E-state index contributed by atoms with van der Waals surface area (Å²) in [6, 6.07) is 0. The topological polar surface area (TPSA) is 46.5 Å². The van der Waals surface area contributed by atoms with Crippen LogP contribution in [0.3, 0.4) is 0 Å². The summed E-state index contributed by atoms with van der Waals surface area (Å²) in [5.41, 5.74) is 0. The maximum atomic E-state index is 10.2. The van der Waals surface area contributed by atoms with E-state index in [1.807, 2.05) is 6.92 Å². The molecule has 2 unspecified atom stereocenters. The summed E-state index contributed by atoms with van der Waals surface area (Å²) in [6.45, 7) is 1.98. The van der Waals surface area contributed by atoms with Gasteiger partial charge in [0.1, 0.15) is 6.10 Å². The van der Waals surface area contributed by atoms with E-state index in [-0.39, 0.29) is 6.10 Å². The summed E-state index contributed by atoms with van der Waals surface area (Å²) < 4.78 is 4.60. The van der Waals surface area contributed by atoms with Crippen LogP contribution >= 0.6 is 0 Å². The highest BCUT2D eigenvalue weighted by Crippen LogP contribution is 2.18. The molecule has 0 radical (unpaired) electrons. The first-order valence-electron chi connectivity index (χ1n) is 3.14. The highest BCUT2D eigenvalue weighted by atomic mass is 16.6. The third-order valence-electron chi connectivity index (χ3n) is 1.43. The number of esters is 1. The van der Waals surface area contributed by atoms with Gasteiger partial charge < -0.3 is 9.84 Å². The first kappa shape index (κ1) is 6.55. The molecule has 3 nitrogen and oxygen atoms in total. The lowest BCUT2D eigenvalue weighted by Crippen LogP contribution is -2.49. The fraction of sp³-hybridized carbons (Fsp3) is 0.833. The molecule has 0 aromatic heterocycles. The minimum atomic E-state index is -0.843. The lowest BCUT2D eigenvalue weighted by Gasteiger charge is -2.30. The van der Waals surface area contributed by atoms with Gasteiger partial charge in [0, 0.05) is 0 Å². The van der Waals surface area contributed by atoms with Crippen LogP contribution in [0.4, 0.5) is 0 Å². The SMILES string of the molecule is CCCC1OC(=O)C1O. The van der Waals surface area contributed by atoms with Crippen molar-refractivity contribution in [2.45, 2.75) is 32.0 Å². The number of hydrogen-bond donors (Lipinski definition) is 1. The number of cyclic esters (lactones) is 1. The Morgan fingerprint density at radius 1 is 1.78 bits per heavy atom. The Morgan fingerprint density at radius 2 is 2.44 bits per heavy atom. The van der Waals surface area contributed by atoms with Gasteiger partial charge in [0.25, 0.3) is 0 Å². The molecule has 0 aromatic rings. The molecule has 1 aliphatic heterocycles. The number of aliphatic hydroxyl groups is 1. The zero-order valence-electron chi connectivity index (χ0n) is 5.33. The van der Waals surface area contributed by atoms with E-state index in [1.54, 1.807) is 0 Å². The molecule has 1 aliphatic rings. The average Bonchev–Trinajstić information content (AvgIpc) is 1.88. The molecule has 1 saturated heterocycles. The van der Waals surface area contributed by atoms with Crippen LogP contribution in [0, 0.1) is 0 Å². The molecule has 1 fully saturated rings. The maximum absolute atomic E-state index is 10.2. The summed E-state index contributed by atoms with van der Waals surface area (Å²) in [7, 11) is 0. The summed E-state index contributed by atoms with van der Waals surface area (Å²) in [6.07, 6.45) is 0.648. The Balaban J connectivity index is 2.25. The van der Waals surface area contributed by atoms with Crippen LogP contribution < -0.4 is 0 Å². The number of hydrogen-bond acceptors (Lipinski definition) is 3. The summed E-state index contributed by atoms with van der Waals surface area (Å²) in [5.74, 6) is -0.478. The van der Waals surface area contributed by atoms with Gasteiger partial charge in [-0.25, -0.2) is 4.79 Å². The van der Waals surface area contributed by atoms with E-state index in [9.17, 15) is 4.79 Å². The quantitative estimate of drug-likeness (QED) is 0.538. The van der Waals surface area contributed by atoms with Crippen molar-refractivity contribution >= 4 is 5.97 Å². The second-order valence-corrected chi connectivity index (χ2v) is 2.21. The number of carbonyl (C=O) groups is 1. The van der Waals surface area contributed by atoms with Gasteiger partial charge in [-0.3, -0.25) is 0 Å². The van der Waals surface area contributed by atoms with Crippen LogP contribution in [-0.4, -0.2) is 23.3 Å². The van der Waals surface area contributed by atoms with E-state index >= 15 is 0 Å². The maximum Gasteiger partial charge on any atom is 0.339 e. The van der Waals surface area contributed by atoms with Crippen LogP contribution in [-0.2, 0) is 9.53 Å². The van der Waals surface area contributed by atoms with Gasteiger partial charge in [-0.15, -0.1) is 0 Å². The zero-order chi connectivity index (χ0) is 6.85. The number of ether oxygens (including phenoxy) is 1. The molecule has 3 heteroatoms. The number of carbonyl (C=O) groups excluding carboxylic acids is 1. The van der Waals surface area contributed by atoms with Gasteiger partial charge in [-0.1, -0.05) is 13.3 Å². The minimum Gasteiger partial charge on any atom is -0.457 e. The van der Waals surface area contributed by atoms with E-state index in [2.05, 4.69) is 4.74 Å². The predicted molar refractivity (Wildman–Crippen MR) is 30.8 cm³/mol. The summed E-state index contributed by atoms with van der Waals surface area (Å²) >= 11 is 0. The third-order valence-corrected chi connectivity index (χ3v) is 1.43. The smallest absolute Gasteiger partial charge is 0.339 e. The minimum absolute atomic E-state index is 0.220. The third kappa shape index (κ3) is 1.05. The highest BCUT2D eigenvalue weighted by Gasteiger charge is 2.39. The molecule has 0 bridgehead atoms. The van der Waals surface area contributed by atoms with Gasteiger partial charge in [-0.05, 0) is 6.42 Å². The molecule has 1 heterocycles. The first-order chi connectivity index (χ1) is 4.25. The lowest BCUT2D eigenvalue weighted by molar-refractivity contribution is -0.198. The first-order valence-corrected chi connectivity index (χ1v) is 3.14. The zero-order valence-corrected chi connectivity index (χ0v) is 5.33. The van der Waals surface area contributed by atoms with Crippen molar-refractivity contribution < 1.29 is 14.6 Å². The van der Waals surface area contributed by atoms with Crippen molar-refractivity contribution in [3.63, 3.8) is 0 Å². The van der Waals surface area contributed by atoms with Gasteiger partial charge in [0.15, 0.2) is 6.10 Å². The second kappa shape index (κ2) is 2.35. The molecule has 0 amide bonds. The average molecular weight is 130 g/mol. The van der Waals surface area contributed by atoms with Crippen molar-refractivity contribution in [3.05, 3.63) is 0 Å². The largest absolute Gasteiger partial charge is 0.457 e. The standard InChI is InChI=1S/C6H10O3/c1-2-3-4-5(7)6(8)9-4/h4-5,7H,2-3H2,1H3. The van der Waals surface area contributed by atoms with Crippen molar-refractivity contribution in [3.8, 4) is 0 Å². The van der Waals surface area contributed by atoms with Crippen LogP contribution in [0.2, 0.25) is 0 Å². The number of aliphatic hydroxyl groups excluding tert-OH is 1. The Bertz CT molecular complexity index is 121. The normalized spacial score (nSPS) is 33.3. The Hall–Kier alpha value is -0.570. The van der Waals surface area contributed by atoms with Crippen molar-refractivity contribution in [2.24, 2.45) is 0 Å². The molecule has 0 saturated carbocycles. The van der Waals surface area contributed by atoms with Crippen LogP contribution in [0.15, 0.2) is 0 Å².